The minimum Gasteiger partial charge on any atom is -0.461 e. The van der Waals surface area contributed by atoms with E-state index in [1.807, 2.05) is 37.3 Å². The maximum Gasteiger partial charge on any atom is 0.138 e. The summed E-state index contributed by atoms with van der Waals surface area (Å²) in [6.45, 7) is 3.51. The zero-order valence-electron chi connectivity index (χ0n) is 11.9. The summed E-state index contributed by atoms with van der Waals surface area (Å²) in [6.07, 6.45) is 1.05. The van der Waals surface area contributed by atoms with E-state index >= 15 is 0 Å². The Bertz CT molecular complexity index is 811. The summed E-state index contributed by atoms with van der Waals surface area (Å²) in [5.41, 5.74) is 1.75. The van der Waals surface area contributed by atoms with Crippen LogP contribution in [0.5, 0.6) is 0 Å². The molecule has 21 heavy (non-hydrogen) atoms. The second kappa shape index (κ2) is 5.53. The molecule has 3 rings (SSSR count). The van der Waals surface area contributed by atoms with Crippen molar-refractivity contribution in [1.29, 1.82) is 0 Å². The maximum absolute atomic E-state index is 11.3. The number of hydrogen-bond acceptors (Lipinski definition) is 3. The average Bonchev–Trinajstić information content (AvgIpc) is 2.99. The Morgan fingerprint density at radius 1 is 1.19 bits per heavy atom. The second-order valence-corrected chi connectivity index (χ2v) is 6.07. The summed E-state index contributed by atoms with van der Waals surface area (Å²) in [6, 6.07) is 9.76. The number of Topliss-reactive ketones (excluding diaryl/α,β-unsaturated/α-hetero) is 1. The Morgan fingerprint density at radius 3 is 2.67 bits per heavy atom. The molecule has 0 spiro atoms. The largest absolute Gasteiger partial charge is 0.461 e. The van der Waals surface area contributed by atoms with Crippen LogP contribution in [0.25, 0.3) is 22.3 Å². The van der Waals surface area contributed by atoms with Crippen molar-refractivity contribution < 1.29 is 13.6 Å². The van der Waals surface area contributed by atoms with Gasteiger partial charge in [0.05, 0.1) is 5.56 Å². The van der Waals surface area contributed by atoms with Crippen molar-refractivity contribution in [2.75, 3.05) is 0 Å². The summed E-state index contributed by atoms with van der Waals surface area (Å²) in [5, 5.41) is 0.997. The number of carbonyl (C=O) groups excluding carboxylic acids is 1. The SMILES string of the molecule is CC(=O)CCc1oc2ccc(Br)cc2c1-c1ccc(C)o1. The highest BCUT2D eigenvalue weighted by molar-refractivity contribution is 9.10. The summed E-state index contributed by atoms with van der Waals surface area (Å²) >= 11 is 3.49. The predicted octanol–water partition coefficient (Wildman–Crippen LogP) is 5.29. The molecule has 0 radical (unpaired) electrons. The number of fused-ring (bicyclic) bond motifs is 1. The van der Waals surface area contributed by atoms with E-state index in [0.717, 1.165) is 38.3 Å². The molecule has 0 amide bonds. The van der Waals surface area contributed by atoms with E-state index in [1.165, 1.54) is 0 Å². The fourth-order valence-corrected chi connectivity index (χ4v) is 2.79. The Hall–Kier alpha value is -1.81. The second-order valence-electron chi connectivity index (χ2n) is 5.15. The van der Waals surface area contributed by atoms with E-state index in [9.17, 15) is 4.79 Å². The molecule has 0 atom stereocenters. The third kappa shape index (κ3) is 2.81. The van der Waals surface area contributed by atoms with Crippen LogP contribution in [-0.2, 0) is 11.2 Å². The quantitative estimate of drug-likeness (QED) is 0.644. The Morgan fingerprint density at radius 2 is 2.00 bits per heavy atom. The van der Waals surface area contributed by atoms with E-state index < -0.39 is 0 Å². The topological polar surface area (TPSA) is 43.4 Å². The standard InChI is InChI=1S/C17H15BrO3/c1-10(19)3-6-16-17(15-7-4-11(2)20-15)13-9-12(18)5-8-14(13)21-16/h4-5,7-9H,3,6H2,1-2H3. The minimum absolute atomic E-state index is 0.151. The van der Waals surface area contributed by atoms with Gasteiger partial charge in [0.1, 0.15) is 28.6 Å². The number of aryl methyl sites for hydroxylation is 2. The van der Waals surface area contributed by atoms with Gasteiger partial charge in [-0.2, -0.15) is 0 Å². The molecule has 0 aliphatic heterocycles. The molecule has 0 fully saturated rings. The van der Waals surface area contributed by atoms with Gasteiger partial charge in [0, 0.05) is 22.7 Å². The lowest BCUT2D eigenvalue weighted by atomic mass is 10.0. The number of furan rings is 2. The highest BCUT2D eigenvalue weighted by Gasteiger charge is 2.19. The minimum atomic E-state index is 0.151. The van der Waals surface area contributed by atoms with E-state index in [0.29, 0.717) is 12.8 Å². The van der Waals surface area contributed by atoms with E-state index in [2.05, 4.69) is 15.9 Å². The van der Waals surface area contributed by atoms with Crippen LogP contribution >= 0.6 is 15.9 Å². The molecule has 0 aliphatic carbocycles. The van der Waals surface area contributed by atoms with Crippen LogP contribution in [-0.4, -0.2) is 5.78 Å². The number of hydrogen-bond donors (Lipinski definition) is 0. The van der Waals surface area contributed by atoms with Crippen molar-refractivity contribution in [3.8, 4) is 11.3 Å². The van der Waals surface area contributed by atoms with Crippen LogP contribution in [0.3, 0.4) is 0 Å². The highest BCUT2D eigenvalue weighted by atomic mass is 79.9. The predicted molar refractivity (Wildman–Crippen MR) is 85.4 cm³/mol. The van der Waals surface area contributed by atoms with Gasteiger partial charge in [-0.3, -0.25) is 0 Å². The fraction of sp³-hybridized carbons (Fsp3) is 0.235. The normalized spacial score (nSPS) is 11.2. The van der Waals surface area contributed by atoms with Gasteiger partial charge in [-0.05, 0) is 44.2 Å². The van der Waals surface area contributed by atoms with Gasteiger partial charge in [0.2, 0.25) is 0 Å². The van der Waals surface area contributed by atoms with Crippen molar-refractivity contribution >= 4 is 32.7 Å². The molecule has 3 aromatic rings. The van der Waals surface area contributed by atoms with Gasteiger partial charge in [-0.15, -0.1) is 0 Å². The van der Waals surface area contributed by atoms with Gasteiger partial charge in [0.15, 0.2) is 0 Å². The zero-order chi connectivity index (χ0) is 15.0. The smallest absolute Gasteiger partial charge is 0.138 e. The first-order chi connectivity index (χ1) is 10.0. The van der Waals surface area contributed by atoms with Crippen molar-refractivity contribution in [3.63, 3.8) is 0 Å². The molecule has 0 saturated carbocycles. The molecule has 2 aromatic heterocycles. The first kappa shape index (κ1) is 14.1. The lowest BCUT2D eigenvalue weighted by molar-refractivity contribution is -0.117. The van der Waals surface area contributed by atoms with Gasteiger partial charge >= 0.3 is 0 Å². The van der Waals surface area contributed by atoms with Crippen molar-refractivity contribution in [1.82, 2.24) is 0 Å². The number of halogens is 1. The zero-order valence-corrected chi connectivity index (χ0v) is 13.5. The Balaban J connectivity index is 2.18. The van der Waals surface area contributed by atoms with E-state index in [4.69, 9.17) is 8.83 Å². The highest BCUT2D eigenvalue weighted by Crippen LogP contribution is 2.37. The number of ketones is 1. The number of benzene rings is 1. The van der Waals surface area contributed by atoms with Gasteiger partial charge in [0.25, 0.3) is 0 Å². The monoisotopic (exact) mass is 346 g/mol. The molecule has 2 heterocycles. The summed E-state index contributed by atoms with van der Waals surface area (Å²) in [7, 11) is 0. The molecule has 0 bridgehead atoms. The first-order valence-corrected chi connectivity index (χ1v) is 7.61. The molecule has 0 saturated heterocycles. The molecule has 0 unspecified atom stereocenters. The molecule has 3 nitrogen and oxygen atoms in total. The van der Waals surface area contributed by atoms with E-state index in [-0.39, 0.29) is 5.78 Å². The van der Waals surface area contributed by atoms with Crippen LogP contribution in [0.2, 0.25) is 0 Å². The van der Waals surface area contributed by atoms with Crippen LogP contribution in [0, 0.1) is 6.92 Å². The van der Waals surface area contributed by atoms with E-state index in [1.54, 1.807) is 6.92 Å². The average molecular weight is 347 g/mol. The third-order valence-electron chi connectivity index (χ3n) is 3.41. The van der Waals surface area contributed by atoms with Gasteiger partial charge in [-0.25, -0.2) is 0 Å². The number of carbonyl (C=O) groups is 1. The van der Waals surface area contributed by atoms with Crippen LogP contribution in [0.1, 0.15) is 24.9 Å². The van der Waals surface area contributed by atoms with Crippen LogP contribution < -0.4 is 0 Å². The molecule has 0 aliphatic rings. The Labute approximate surface area is 131 Å². The fourth-order valence-electron chi connectivity index (χ4n) is 2.43. The molecule has 0 N–H and O–H groups in total. The molecular formula is C17H15BrO3. The molecule has 4 heteroatoms. The molecular weight excluding hydrogens is 332 g/mol. The van der Waals surface area contributed by atoms with Crippen molar-refractivity contribution in [2.45, 2.75) is 26.7 Å². The van der Waals surface area contributed by atoms with Gasteiger partial charge < -0.3 is 13.6 Å². The van der Waals surface area contributed by atoms with Crippen molar-refractivity contribution in [2.24, 2.45) is 0 Å². The number of rotatable bonds is 4. The third-order valence-corrected chi connectivity index (χ3v) is 3.91. The lowest BCUT2D eigenvalue weighted by Crippen LogP contribution is -1.94. The van der Waals surface area contributed by atoms with Crippen LogP contribution in [0.15, 0.2) is 43.6 Å². The van der Waals surface area contributed by atoms with Crippen molar-refractivity contribution in [3.05, 3.63) is 46.3 Å². The molecule has 1 aromatic carbocycles. The summed E-state index contributed by atoms with van der Waals surface area (Å²) in [4.78, 5) is 11.3. The van der Waals surface area contributed by atoms with Gasteiger partial charge in [-0.1, -0.05) is 15.9 Å². The lowest BCUT2D eigenvalue weighted by Gasteiger charge is -1.99. The summed E-state index contributed by atoms with van der Waals surface area (Å²) < 4.78 is 12.7. The molecule has 108 valence electrons. The first-order valence-electron chi connectivity index (χ1n) is 6.82. The van der Waals surface area contributed by atoms with Crippen LogP contribution in [0.4, 0.5) is 0 Å². The Kier molecular flexibility index (Phi) is 3.72. The maximum atomic E-state index is 11.3. The summed E-state index contributed by atoms with van der Waals surface area (Å²) in [5.74, 6) is 2.58.